The predicted octanol–water partition coefficient (Wildman–Crippen LogP) is 2.31. The van der Waals surface area contributed by atoms with E-state index in [1.54, 1.807) is 35.0 Å². The quantitative estimate of drug-likeness (QED) is 0.438. The summed E-state index contributed by atoms with van der Waals surface area (Å²) in [5.41, 5.74) is 2.16. The van der Waals surface area contributed by atoms with Crippen molar-refractivity contribution >= 4 is 32.7 Å². The Morgan fingerprint density at radius 1 is 1.17 bits per heavy atom. The highest BCUT2D eigenvalue weighted by atomic mass is 32.2. The molecule has 0 aliphatic heterocycles. The number of aromatic nitrogens is 4. The zero-order valence-electron chi connectivity index (χ0n) is 16.8. The molecule has 3 heterocycles. The van der Waals surface area contributed by atoms with Gasteiger partial charge in [-0.3, -0.25) is 0 Å². The summed E-state index contributed by atoms with van der Waals surface area (Å²) < 4.78 is 35.0. The van der Waals surface area contributed by atoms with E-state index in [1.165, 1.54) is 20.2 Å². The highest BCUT2D eigenvalue weighted by molar-refractivity contribution is 7.89. The third-order valence-corrected chi connectivity index (χ3v) is 6.61. The van der Waals surface area contributed by atoms with Gasteiger partial charge in [-0.15, -0.1) is 0 Å². The highest BCUT2D eigenvalue weighted by Gasteiger charge is 2.20. The number of esters is 1. The van der Waals surface area contributed by atoms with Crippen molar-refractivity contribution in [2.45, 2.75) is 25.0 Å². The number of fused-ring (bicyclic) bond motifs is 2. The molecule has 0 radical (unpaired) electrons. The van der Waals surface area contributed by atoms with E-state index in [0.29, 0.717) is 23.5 Å². The zero-order chi connectivity index (χ0) is 21.5. The van der Waals surface area contributed by atoms with Gasteiger partial charge in [-0.05, 0) is 37.3 Å². The maximum Gasteiger partial charge on any atom is 0.359 e. The molecule has 0 amide bonds. The Kier molecular flexibility index (Phi) is 5.04. The number of carbonyl (C=O) groups excluding carboxylic acids is 1. The van der Waals surface area contributed by atoms with E-state index in [9.17, 15) is 13.2 Å². The van der Waals surface area contributed by atoms with E-state index in [0.717, 1.165) is 9.82 Å². The molecule has 0 spiro atoms. The number of imidazole rings is 2. The number of hydrogen-bond donors (Lipinski definition) is 0. The molecule has 3 aromatic heterocycles. The molecule has 4 aromatic rings. The number of aryl methyl sites for hydroxylation is 1. The summed E-state index contributed by atoms with van der Waals surface area (Å²) in [5.74, 6) is -0.0201. The van der Waals surface area contributed by atoms with Crippen molar-refractivity contribution in [3.8, 4) is 0 Å². The third-order valence-electron chi connectivity index (χ3n) is 4.80. The molecule has 0 fully saturated rings. The van der Waals surface area contributed by atoms with Gasteiger partial charge in [0.1, 0.15) is 18.1 Å². The van der Waals surface area contributed by atoms with Crippen molar-refractivity contribution in [1.82, 2.24) is 23.2 Å². The van der Waals surface area contributed by atoms with Gasteiger partial charge in [-0.2, -0.15) is 0 Å². The first-order valence-corrected chi connectivity index (χ1v) is 10.8. The van der Waals surface area contributed by atoms with Crippen LogP contribution in [0.1, 0.15) is 23.2 Å². The lowest BCUT2D eigenvalue weighted by Crippen LogP contribution is -2.22. The summed E-state index contributed by atoms with van der Waals surface area (Å²) in [6, 6.07) is 10.3. The molecule has 0 unspecified atom stereocenters. The highest BCUT2D eigenvalue weighted by Crippen LogP contribution is 2.22. The maximum atomic E-state index is 12.4. The van der Waals surface area contributed by atoms with Crippen LogP contribution in [0.25, 0.3) is 16.7 Å². The Labute approximate surface area is 173 Å². The molecular formula is C20H21N5O4S. The van der Waals surface area contributed by atoms with Gasteiger partial charge in [-0.1, -0.05) is 6.07 Å². The second-order valence-corrected chi connectivity index (χ2v) is 9.03. The third kappa shape index (κ3) is 3.44. The molecule has 0 saturated heterocycles. The molecule has 0 N–H and O–H groups in total. The molecule has 0 saturated carbocycles. The van der Waals surface area contributed by atoms with Crippen molar-refractivity contribution in [2.75, 3.05) is 14.1 Å². The lowest BCUT2D eigenvalue weighted by atomic mass is 10.3. The molecule has 0 atom stereocenters. The van der Waals surface area contributed by atoms with Crippen LogP contribution in [0.2, 0.25) is 0 Å². The SMILES string of the molecule is CCn1c(COC(=O)c2cn3ccccc3n2)nc2cc(S(=O)(=O)N(C)C)ccc21. The van der Waals surface area contributed by atoms with E-state index in [-0.39, 0.29) is 17.2 Å². The number of pyridine rings is 1. The minimum absolute atomic E-state index is 0.0506. The van der Waals surface area contributed by atoms with Crippen molar-refractivity contribution in [2.24, 2.45) is 0 Å². The van der Waals surface area contributed by atoms with Crippen molar-refractivity contribution in [1.29, 1.82) is 0 Å². The standard InChI is InChI=1S/C20H21N5O4S/c1-4-25-17-9-8-14(30(27,28)23(2)3)11-15(17)21-19(25)13-29-20(26)16-12-24-10-6-5-7-18(24)22-16/h5-12H,4,13H2,1-3H3. The molecule has 10 heteroatoms. The summed E-state index contributed by atoms with van der Waals surface area (Å²) in [7, 11) is -0.604. The van der Waals surface area contributed by atoms with Crippen LogP contribution < -0.4 is 0 Å². The van der Waals surface area contributed by atoms with Crippen LogP contribution in [0.4, 0.5) is 0 Å². The Morgan fingerprint density at radius 3 is 2.67 bits per heavy atom. The molecule has 0 bridgehead atoms. The molecular weight excluding hydrogens is 406 g/mol. The van der Waals surface area contributed by atoms with Gasteiger partial charge >= 0.3 is 5.97 Å². The molecule has 4 rings (SSSR count). The smallest absolute Gasteiger partial charge is 0.359 e. The van der Waals surface area contributed by atoms with E-state index < -0.39 is 16.0 Å². The largest absolute Gasteiger partial charge is 0.453 e. The summed E-state index contributed by atoms with van der Waals surface area (Å²) >= 11 is 0. The number of carbonyl (C=O) groups is 1. The average Bonchev–Trinajstić information content (AvgIpc) is 3.32. The number of rotatable bonds is 6. The van der Waals surface area contributed by atoms with Crippen molar-refractivity contribution in [3.05, 3.63) is 60.3 Å². The second kappa shape index (κ2) is 7.54. The van der Waals surface area contributed by atoms with Gasteiger partial charge in [-0.25, -0.2) is 27.5 Å². The lowest BCUT2D eigenvalue weighted by Gasteiger charge is -2.11. The fourth-order valence-corrected chi connectivity index (χ4v) is 4.15. The number of benzene rings is 1. The van der Waals surface area contributed by atoms with Gasteiger partial charge in [0.2, 0.25) is 10.0 Å². The number of sulfonamides is 1. The molecule has 1 aromatic carbocycles. The van der Waals surface area contributed by atoms with Gasteiger partial charge in [0, 0.05) is 33.0 Å². The number of nitrogens with zero attached hydrogens (tertiary/aromatic N) is 5. The topological polar surface area (TPSA) is 98.8 Å². The van der Waals surface area contributed by atoms with E-state index in [4.69, 9.17) is 4.74 Å². The van der Waals surface area contributed by atoms with Gasteiger partial charge in [0.25, 0.3) is 0 Å². The fourth-order valence-electron chi connectivity index (χ4n) is 3.23. The summed E-state index contributed by atoms with van der Waals surface area (Å²) in [6.07, 6.45) is 3.41. The summed E-state index contributed by atoms with van der Waals surface area (Å²) in [5, 5.41) is 0. The predicted molar refractivity (Wildman–Crippen MR) is 111 cm³/mol. The van der Waals surface area contributed by atoms with E-state index in [2.05, 4.69) is 9.97 Å². The normalized spacial score (nSPS) is 12.1. The van der Waals surface area contributed by atoms with Crippen molar-refractivity contribution < 1.29 is 17.9 Å². The number of ether oxygens (including phenoxy) is 1. The first kappa shape index (κ1) is 20.0. The Bertz CT molecular complexity index is 1320. The Morgan fingerprint density at radius 2 is 1.97 bits per heavy atom. The van der Waals surface area contributed by atoms with Gasteiger partial charge < -0.3 is 13.7 Å². The minimum atomic E-state index is -3.57. The second-order valence-electron chi connectivity index (χ2n) is 6.88. The van der Waals surface area contributed by atoms with Crippen molar-refractivity contribution in [3.63, 3.8) is 0 Å². The fraction of sp³-hybridized carbons (Fsp3) is 0.250. The van der Waals surface area contributed by atoms with Crippen LogP contribution in [0.3, 0.4) is 0 Å². The monoisotopic (exact) mass is 427 g/mol. The average molecular weight is 427 g/mol. The summed E-state index contributed by atoms with van der Waals surface area (Å²) in [4.78, 5) is 21.4. The molecule has 30 heavy (non-hydrogen) atoms. The first-order chi connectivity index (χ1) is 14.3. The van der Waals surface area contributed by atoms with Crippen LogP contribution in [0.15, 0.2) is 53.7 Å². The minimum Gasteiger partial charge on any atom is -0.453 e. The Balaban J connectivity index is 1.61. The first-order valence-electron chi connectivity index (χ1n) is 9.34. The summed E-state index contributed by atoms with van der Waals surface area (Å²) in [6.45, 7) is 2.49. The van der Waals surface area contributed by atoms with E-state index in [1.807, 2.05) is 23.6 Å². The van der Waals surface area contributed by atoms with Crippen LogP contribution in [0.5, 0.6) is 0 Å². The van der Waals surface area contributed by atoms with Crippen LogP contribution in [-0.2, 0) is 27.9 Å². The molecule has 156 valence electrons. The van der Waals surface area contributed by atoms with Gasteiger partial charge in [0.15, 0.2) is 5.69 Å². The van der Waals surface area contributed by atoms with Crippen LogP contribution in [0, 0.1) is 0 Å². The number of hydrogen-bond acceptors (Lipinski definition) is 6. The maximum absolute atomic E-state index is 12.4. The Hall–Kier alpha value is -3.24. The molecule has 0 aliphatic carbocycles. The van der Waals surface area contributed by atoms with Crippen LogP contribution in [-0.4, -0.2) is 51.7 Å². The molecule has 9 nitrogen and oxygen atoms in total. The molecule has 0 aliphatic rings. The van der Waals surface area contributed by atoms with Gasteiger partial charge in [0.05, 0.1) is 15.9 Å². The zero-order valence-corrected chi connectivity index (χ0v) is 17.6. The lowest BCUT2D eigenvalue weighted by molar-refractivity contribution is 0.0452. The van der Waals surface area contributed by atoms with Crippen LogP contribution >= 0.6 is 0 Å². The van der Waals surface area contributed by atoms with E-state index >= 15 is 0 Å².